The lowest BCUT2D eigenvalue weighted by Crippen LogP contribution is -2.10. The number of hydrogen-bond acceptors (Lipinski definition) is 4. The van der Waals surface area contributed by atoms with Gasteiger partial charge in [-0.1, -0.05) is 68.7 Å². The van der Waals surface area contributed by atoms with Crippen LogP contribution in [0, 0.1) is 0 Å². The average molecular weight is 420 g/mol. The third kappa shape index (κ3) is 8.25. The van der Waals surface area contributed by atoms with Gasteiger partial charge in [-0.15, -0.1) is 0 Å². The van der Waals surface area contributed by atoms with Crippen LogP contribution in [0.1, 0.15) is 38.2 Å². The summed E-state index contributed by atoms with van der Waals surface area (Å²) in [4.78, 5) is 0. The van der Waals surface area contributed by atoms with E-state index in [-0.39, 0.29) is 0 Å². The summed E-state index contributed by atoms with van der Waals surface area (Å²) in [5, 5.41) is 3.47. The number of hydrogen-bond donors (Lipinski definition) is 1. The van der Waals surface area contributed by atoms with Gasteiger partial charge in [-0.05, 0) is 48.4 Å². The van der Waals surface area contributed by atoms with E-state index in [1.807, 2.05) is 66.7 Å². The largest absolute Gasteiger partial charge is 0.494 e. The van der Waals surface area contributed by atoms with Crippen molar-refractivity contribution in [3.8, 4) is 17.2 Å². The first-order valence-electron chi connectivity index (χ1n) is 11.2. The molecular weight excluding hydrogens is 386 g/mol. The van der Waals surface area contributed by atoms with Gasteiger partial charge in [-0.25, -0.2) is 0 Å². The fourth-order valence-corrected chi connectivity index (χ4v) is 3.19. The van der Waals surface area contributed by atoms with Crippen LogP contribution >= 0.6 is 0 Å². The lowest BCUT2D eigenvalue weighted by Gasteiger charge is -2.14. The van der Waals surface area contributed by atoms with Crippen LogP contribution in [0.4, 0.5) is 5.69 Å². The predicted octanol–water partition coefficient (Wildman–Crippen LogP) is 6.72. The molecule has 164 valence electrons. The Bertz CT molecular complexity index is 865. The summed E-state index contributed by atoms with van der Waals surface area (Å²) in [5.74, 6) is 2.61. The third-order valence-electron chi connectivity index (χ3n) is 4.91. The first-order valence-corrected chi connectivity index (χ1v) is 11.2. The molecule has 4 nitrogen and oxygen atoms in total. The molecule has 0 atom stereocenters. The molecule has 0 aliphatic carbocycles. The normalized spacial score (nSPS) is 10.5. The number of unbranched alkanes of at least 4 members (excludes halogenated alkanes) is 3. The lowest BCUT2D eigenvalue weighted by atomic mass is 10.2. The Morgan fingerprint density at radius 3 is 2.10 bits per heavy atom. The minimum absolute atomic E-state index is 0.484. The molecule has 31 heavy (non-hydrogen) atoms. The Labute approximate surface area is 186 Å². The Hall–Kier alpha value is -3.14. The van der Waals surface area contributed by atoms with Crippen LogP contribution in [0.15, 0.2) is 78.9 Å². The van der Waals surface area contributed by atoms with Crippen LogP contribution in [0.3, 0.4) is 0 Å². The van der Waals surface area contributed by atoms with E-state index in [1.54, 1.807) is 0 Å². The zero-order valence-corrected chi connectivity index (χ0v) is 18.4. The molecule has 3 rings (SSSR count). The molecule has 0 aliphatic rings. The SMILES string of the molecule is CCCCCCOc1ccc(CNc2ccccc2OCCOc2ccccc2)cc1. The van der Waals surface area contributed by atoms with Gasteiger partial charge < -0.3 is 19.5 Å². The van der Waals surface area contributed by atoms with Crippen molar-refractivity contribution in [2.24, 2.45) is 0 Å². The van der Waals surface area contributed by atoms with Crippen molar-refractivity contribution in [3.63, 3.8) is 0 Å². The summed E-state index contributed by atoms with van der Waals surface area (Å²) in [6.07, 6.45) is 4.87. The van der Waals surface area contributed by atoms with Crippen molar-refractivity contribution in [2.75, 3.05) is 25.1 Å². The van der Waals surface area contributed by atoms with Gasteiger partial charge in [0.05, 0.1) is 12.3 Å². The molecule has 0 heterocycles. The van der Waals surface area contributed by atoms with Crippen LogP contribution in [-0.2, 0) is 6.54 Å². The summed E-state index contributed by atoms with van der Waals surface area (Å²) in [7, 11) is 0. The van der Waals surface area contributed by atoms with Gasteiger partial charge in [-0.3, -0.25) is 0 Å². The molecule has 0 fully saturated rings. The second-order valence-electron chi connectivity index (χ2n) is 7.41. The van der Waals surface area contributed by atoms with Gasteiger partial charge in [-0.2, -0.15) is 0 Å². The highest BCUT2D eigenvalue weighted by Gasteiger charge is 2.04. The molecule has 1 N–H and O–H groups in total. The van der Waals surface area contributed by atoms with E-state index in [0.29, 0.717) is 13.2 Å². The van der Waals surface area contributed by atoms with Gasteiger partial charge in [0, 0.05) is 6.54 Å². The number of nitrogens with one attached hydrogen (secondary N) is 1. The van der Waals surface area contributed by atoms with Gasteiger partial charge in [0.25, 0.3) is 0 Å². The smallest absolute Gasteiger partial charge is 0.142 e. The van der Waals surface area contributed by atoms with E-state index >= 15 is 0 Å². The van der Waals surface area contributed by atoms with Gasteiger partial charge >= 0.3 is 0 Å². The maximum atomic E-state index is 5.93. The Kier molecular flexibility index (Phi) is 9.61. The molecule has 0 saturated heterocycles. The minimum Gasteiger partial charge on any atom is -0.494 e. The predicted molar refractivity (Wildman–Crippen MR) is 127 cm³/mol. The zero-order chi connectivity index (χ0) is 21.6. The Morgan fingerprint density at radius 1 is 0.613 bits per heavy atom. The molecule has 0 bridgehead atoms. The van der Waals surface area contributed by atoms with E-state index in [4.69, 9.17) is 14.2 Å². The van der Waals surface area contributed by atoms with Crippen molar-refractivity contribution < 1.29 is 14.2 Å². The van der Waals surface area contributed by atoms with Crippen molar-refractivity contribution in [3.05, 3.63) is 84.4 Å². The zero-order valence-electron chi connectivity index (χ0n) is 18.4. The van der Waals surface area contributed by atoms with E-state index in [9.17, 15) is 0 Å². The monoisotopic (exact) mass is 419 g/mol. The molecule has 4 heteroatoms. The molecule has 0 saturated carbocycles. The van der Waals surface area contributed by atoms with Crippen LogP contribution < -0.4 is 19.5 Å². The van der Waals surface area contributed by atoms with E-state index < -0.39 is 0 Å². The molecule has 0 unspecified atom stereocenters. The highest BCUT2D eigenvalue weighted by atomic mass is 16.5. The molecule has 0 radical (unpaired) electrons. The fraction of sp³-hybridized carbons (Fsp3) is 0.333. The molecule has 0 spiro atoms. The summed E-state index contributed by atoms with van der Waals surface area (Å²) in [6, 6.07) is 26.1. The third-order valence-corrected chi connectivity index (χ3v) is 4.91. The van der Waals surface area contributed by atoms with Crippen molar-refractivity contribution in [1.82, 2.24) is 0 Å². The number of rotatable bonds is 14. The Balaban J connectivity index is 1.41. The second kappa shape index (κ2) is 13.2. The highest BCUT2D eigenvalue weighted by Crippen LogP contribution is 2.24. The molecular formula is C27H33NO3. The van der Waals surface area contributed by atoms with Crippen molar-refractivity contribution in [2.45, 2.75) is 39.2 Å². The number of benzene rings is 3. The van der Waals surface area contributed by atoms with E-state index in [2.05, 4.69) is 24.4 Å². The average Bonchev–Trinajstić information content (AvgIpc) is 2.82. The number of ether oxygens (including phenoxy) is 3. The maximum absolute atomic E-state index is 5.93. The molecule has 0 aliphatic heterocycles. The van der Waals surface area contributed by atoms with Crippen LogP contribution in [0.5, 0.6) is 17.2 Å². The van der Waals surface area contributed by atoms with Gasteiger partial charge in [0.15, 0.2) is 0 Å². The van der Waals surface area contributed by atoms with Crippen molar-refractivity contribution in [1.29, 1.82) is 0 Å². The highest BCUT2D eigenvalue weighted by molar-refractivity contribution is 5.56. The molecule has 3 aromatic rings. The van der Waals surface area contributed by atoms with Gasteiger partial charge in [0.2, 0.25) is 0 Å². The van der Waals surface area contributed by atoms with E-state index in [1.165, 1.54) is 24.8 Å². The van der Waals surface area contributed by atoms with Crippen molar-refractivity contribution >= 4 is 5.69 Å². The fourth-order valence-electron chi connectivity index (χ4n) is 3.19. The lowest BCUT2D eigenvalue weighted by molar-refractivity contribution is 0.218. The summed E-state index contributed by atoms with van der Waals surface area (Å²) in [6.45, 7) is 4.71. The second-order valence-corrected chi connectivity index (χ2v) is 7.41. The minimum atomic E-state index is 0.484. The van der Waals surface area contributed by atoms with Gasteiger partial charge in [0.1, 0.15) is 30.5 Å². The van der Waals surface area contributed by atoms with Crippen LogP contribution in [0.25, 0.3) is 0 Å². The Morgan fingerprint density at radius 2 is 1.29 bits per heavy atom. The standard InChI is InChI=1S/C27H33NO3/c1-2-3-4-10-19-29-25-17-15-23(16-18-25)22-28-26-13-8-9-14-27(26)31-21-20-30-24-11-6-5-7-12-24/h5-9,11-18,28H,2-4,10,19-22H2,1H3. The summed E-state index contributed by atoms with van der Waals surface area (Å²) < 4.78 is 17.5. The first kappa shape index (κ1) is 22.5. The molecule has 0 amide bonds. The van der Waals surface area contributed by atoms with E-state index in [0.717, 1.165) is 42.5 Å². The van der Waals surface area contributed by atoms with Crippen LogP contribution in [0.2, 0.25) is 0 Å². The summed E-state index contributed by atoms with van der Waals surface area (Å²) >= 11 is 0. The molecule has 3 aromatic carbocycles. The summed E-state index contributed by atoms with van der Waals surface area (Å²) in [5.41, 5.74) is 2.17. The first-order chi connectivity index (χ1) is 15.3. The molecule has 0 aromatic heterocycles. The number of para-hydroxylation sites is 3. The number of anilines is 1. The van der Waals surface area contributed by atoms with Crippen LogP contribution in [-0.4, -0.2) is 19.8 Å². The maximum Gasteiger partial charge on any atom is 0.142 e. The topological polar surface area (TPSA) is 39.7 Å². The quantitative estimate of drug-likeness (QED) is 0.295.